The molecular formula is C14H16N2O2S. The minimum absolute atomic E-state index is 0.106. The van der Waals surface area contributed by atoms with Crippen molar-refractivity contribution in [2.24, 2.45) is 0 Å². The summed E-state index contributed by atoms with van der Waals surface area (Å²) in [5.41, 5.74) is 8.06. The molecule has 2 rings (SSSR count). The summed E-state index contributed by atoms with van der Waals surface area (Å²) in [4.78, 5) is 0.341. The van der Waals surface area contributed by atoms with Gasteiger partial charge in [-0.25, -0.2) is 8.42 Å². The van der Waals surface area contributed by atoms with Crippen molar-refractivity contribution in [3.05, 3.63) is 48.5 Å². The topological polar surface area (TPSA) is 72.2 Å². The third kappa shape index (κ3) is 3.26. The normalized spacial score (nSPS) is 11.2. The average molecular weight is 276 g/mol. The molecule has 0 unspecified atom stereocenters. The lowest BCUT2D eigenvalue weighted by atomic mass is 10.2. The molecule has 4 nitrogen and oxygen atoms in total. The van der Waals surface area contributed by atoms with E-state index in [9.17, 15) is 8.42 Å². The second kappa shape index (κ2) is 5.32. The predicted molar refractivity (Wildman–Crippen MR) is 78.3 cm³/mol. The Morgan fingerprint density at radius 3 is 2.32 bits per heavy atom. The minimum atomic E-state index is -3.14. The molecule has 19 heavy (non-hydrogen) atoms. The summed E-state index contributed by atoms with van der Waals surface area (Å²) in [6, 6.07) is 14.1. The van der Waals surface area contributed by atoms with Crippen molar-refractivity contribution in [3.8, 4) is 0 Å². The van der Waals surface area contributed by atoms with Crippen molar-refractivity contribution < 1.29 is 8.42 Å². The van der Waals surface area contributed by atoms with Crippen molar-refractivity contribution in [2.75, 3.05) is 16.8 Å². The first-order valence-corrected chi connectivity index (χ1v) is 7.62. The first-order chi connectivity index (χ1) is 9.01. The van der Waals surface area contributed by atoms with Crippen LogP contribution in [0, 0.1) is 0 Å². The molecule has 3 N–H and O–H groups in total. The molecule has 100 valence electrons. The Hall–Kier alpha value is -2.01. The van der Waals surface area contributed by atoms with Crippen LogP contribution in [0.15, 0.2) is 53.4 Å². The molecule has 5 heteroatoms. The summed E-state index contributed by atoms with van der Waals surface area (Å²) in [5.74, 6) is 0.106. The maximum atomic E-state index is 11.7. The molecule has 0 bridgehead atoms. The minimum Gasteiger partial charge on any atom is -0.399 e. The highest BCUT2D eigenvalue weighted by Crippen LogP contribution is 2.20. The van der Waals surface area contributed by atoms with Crippen LogP contribution in [0.25, 0.3) is 0 Å². The predicted octanol–water partition coefficient (Wildman–Crippen LogP) is 2.81. The second-order valence-corrected chi connectivity index (χ2v) is 6.46. The largest absolute Gasteiger partial charge is 0.399 e. The molecule has 0 heterocycles. The number of sulfone groups is 1. The maximum absolute atomic E-state index is 11.7. The zero-order valence-corrected chi connectivity index (χ0v) is 11.4. The van der Waals surface area contributed by atoms with Crippen molar-refractivity contribution in [1.82, 2.24) is 0 Å². The summed E-state index contributed by atoms with van der Waals surface area (Å²) in [6.07, 6.45) is 0. The van der Waals surface area contributed by atoms with Gasteiger partial charge in [0, 0.05) is 17.1 Å². The zero-order valence-electron chi connectivity index (χ0n) is 10.6. The van der Waals surface area contributed by atoms with E-state index in [1.165, 1.54) is 0 Å². The fraction of sp³-hybridized carbons (Fsp3) is 0.143. The monoisotopic (exact) mass is 276 g/mol. The smallest absolute Gasteiger partial charge is 0.178 e. The third-order valence-corrected chi connectivity index (χ3v) is 4.52. The number of nitrogens with one attached hydrogen (secondary N) is 1. The summed E-state index contributed by atoms with van der Waals surface area (Å²) < 4.78 is 23.4. The van der Waals surface area contributed by atoms with Crippen molar-refractivity contribution in [3.63, 3.8) is 0 Å². The van der Waals surface area contributed by atoms with Gasteiger partial charge in [-0.05, 0) is 42.5 Å². The van der Waals surface area contributed by atoms with Gasteiger partial charge in [-0.3, -0.25) is 0 Å². The van der Waals surface area contributed by atoms with E-state index < -0.39 is 9.84 Å². The number of rotatable bonds is 4. The Morgan fingerprint density at radius 2 is 1.74 bits per heavy atom. The first kappa shape index (κ1) is 13.4. The van der Waals surface area contributed by atoms with Gasteiger partial charge in [0.1, 0.15) is 0 Å². The molecule has 0 aliphatic carbocycles. The SMILES string of the molecule is CCS(=O)(=O)c1ccc(Nc2cccc(N)c2)cc1. The summed E-state index contributed by atoms with van der Waals surface area (Å²) in [6.45, 7) is 1.63. The molecule has 2 aromatic carbocycles. The molecule has 0 saturated heterocycles. The Labute approximate surface area is 113 Å². The number of anilines is 3. The van der Waals surface area contributed by atoms with Gasteiger partial charge in [0.15, 0.2) is 9.84 Å². The van der Waals surface area contributed by atoms with Crippen LogP contribution in [-0.4, -0.2) is 14.2 Å². The summed E-state index contributed by atoms with van der Waals surface area (Å²) in [7, 11) is -3.14. The summed E-state index contributed by atoms with van der Waals surface area (Å²) in [5, 5.41) is 3.17. The molecule has 0 radical (unpaired) electrons. The average Bonchev–Trinajstić information content (AvgIpc) is 2.39. The van der Waals surface area contributed by atoms with E-state index in [0.29, 0.717) is 10.6 Å². The Kier molecular flexibility index (Phi) is 3.76. The molecule has 0 aliphatic heterocycles. The third-order valence-electron chi connectivity index (χ3n) is 2.77. The molecule has 0 aromatic heterocycles. The zero-order chi connectivity index (χ0) is 13.9. The number of nitrogens with two attached hydrogens (primary N) is 1. The van der Waals surface area contributed by atoms with E-state index in [1.54, 1.807) is 31.2 Å². The van der Waals surface area contributed by atoms with Crippen molar-refractivity contribution in [1.29, 1.82) is 0 Å². The molecule has 0 spiro atoms. The van der Waals surface area contributed by atoms with E-state index in [4.69, 9.17) is 5.73 Å². The summed E-state index contributed by atoms with van der Waals surface area (Å²) >= 11 is 0. The lowest BCUT2D eigenvalue weighted by Gasteiger charge is -2.08. The van der Waals surface area contributed by atoms with Gasteiger partial charge < -0.3 is 11.1 Å². The number of nitrogen functional groups attached to an aromatic ring is 1. The molecule has 0 fully saturated rings. The van der Waals surface area contributed by atoms with Gasteiger partial charge in [-0.2, -0.15) is 0 Å². The van der Waals surface area contributed by atoms with E-state index in [2.05, 4.69) is 5.32 Å². The van der Waals surface area contributed by atoms with Crippen LogP contribution < -0.4 is 11.1 Å². The van der Waals surface area contributed by atoms with Gasteiger partial charge >= 0.3 is 0 Å². The van der Waals surface area contributed by atoms with Crippen LogP contribution in [-0.2, 0) is 9.84 Å². The number of benzene rings is 2. The fourth-order valence-corrected chi connectivity index (χ4v) is 2.58. The van der Waals surface area contributed by atoms with E-state index in [-0.39, 0.29) is 5.75 Å². The van der Waals surface area contributed by atoms with Gasteiger partial charge in [-0.1, -0.05) is 13.0 Å². The van der Waals surface area contributed by atoms with Crippen molar-refractivity contribution in [2.45, 2.75) is 11.8 Å². The lowest BCUT2D eigenvalue weighted by Crippen LogP contribution is -2.03. The number of hydrogen-bond acceptors (Lipinski definition) is 4. The Bertz CT molecular complexity index is 664. The van der Waals surface area contributed by atoms with Crippen LogP contribution in [0.4, 0.5) is 17.1 Å². The first-order valence-electron chi connectivity index (χ1n) is 5.96. The number of hydrogen-bond donors (Lipinski definition) is 2. The Balaban J connectivity index is 2.20. The van der Waals surface area contributed by atoms with Crippen LogP contribution in [0.3, 0.4) is 0 Å². The molecule has 0 amide bonds. The highest BCUT2D eigenvalue weighted by molar-refractivity contribution is 7.91. The van der Waals surface area contributed by atoms with Crippen LogP contribution in [0.5, 0.6) is 0 Å². The lowest BCUT2D eigenvalue weighted by molar-refractivity contribution is 0.597. The highest BCUT2D eigenvalue weighted by atomic mass is 32.2. The van der Waals surface area contributed by atoms with Gasteiger partial charge in [0.05, 0.1) is 10.6 Å². The molecule has 0 saturated carbocycles. The van der Waals surface area contributed by atoms with E-state index in [1.807, 2.05) is 24.3 Å². The van der Waals surface area contributed by atoms with Gasteiger partial charge in [-0.15, -0.1) is 0 Å². The maximum Gasteiger partial charge on any atom is 0.178 e. The van der Waals surface area contributed by atoms with Crippen LogP contribution in [0.2, 0.25) is 0 Å². The van der Waals surface area contributed by atoms with Gasteiger partial charge in [0.25, 0.3) is 0 Å². The van der Waals surface area contributed by atoms with Gasteiger partial charge in [0.2, 0.25) is 0 Å². The van der Waals surface area contributed by atoms with Crippen molar-refractivity contribution >= 4 is 26.9 Å². The van der Waals surface area contributed by atoms with Crippen LogP contribution >= 0.6 is 0 Å². The fourth-order valence-electron chi connectivity index (χ4n) is 1.70. The molecule has 0 atom stereocenters. The second-order valence-electron chi connectivity index (χ2n) is 4.18. The Morgan fingerprint density at radius 1 is 1.05 bits per heavy atom. The van der Waals surface area contributed by atoms with Crippen LogP contribution in [0.1, 0.15) is 6.92 Å². The molecule has 2 aromatic rings. The molecule has 0 aliphatic rings. The molecular weight excluding hydrogens is 260 g/mol. The quantitative estimate of drug-likeness (QED) is 0.842. The standard InChI is InChI=1S/C14H16N2O2S/c1-2-19(17,18)14-8-6-12(7-9-14)16-13-5-3-4-11(15)10-13/h3-10,16H,2,15H2,1H3. The van der Waals surface area contributed by atoms with E-state index >= 15 is 0 Å². The highest BCUT2D eigenvalue weighted by Gasteiger charge is 2.10. The van der Waals surface area contributed by atoms with E-state index in [0.717, 1.165) is 11.4 Å².